The van der Waals surface area contributed by atoms with E-state index < -0.39 is 11.2 Å². The van der Waals surface area contributed by atoms with E-state index in [4.69, 9.17) is 4.74 Å². The third-order valence-corrected chi connectivity index (χ3v) is 8.97. The highest BCUT2D eigenvalue weighted by molar-refractivity contribution is 5.77. The highest BCUT2D eigenvalue weighted by Crippen LogP contribution is 2.54. The van der Waals surface area contributed by atoms with Gasteiger partial charge in [0.2, 0.25) is 0 Å². The van der Waals surface area contributed by atoms with Gasteiger partial charge >= 0.3 is 5.97 Å². The molecule has 4 aliphatic rings. The largest absolute Gasteiger partial charge is 0.459 e. The summed E-state index contributed by atoms with van der Waals surface area (Å²) in [5.74, 6) is 0.157. The molecule has 0 spiro atoms. The average Bonchev–Trinajstić information content (AvgIpc) is 3.57. The highest BCUT2D eigenvalue weighted by Gasteiger charge is 2.60. The van der Waals surface area contributed by atoms with Crippen LogP contribution in [0.25, 0.3) is 0 Å². The summed E-state index contributed by atoms with van der Waals surface area (Å²) in [6.07, 6.45) is 10.1. The second-order valence-corrected chi connectivity index (χ2v) is 12.3. The minimum atomic E-state index is -0.855. The third-order valence-electron chi connectivity index (χ3n) is 8.97. The molecule has 1 aromatic rings. The summed E-state index contributed by atoms with van der Waals surface area (Å²) in [4.78, 5) is 18.4. The predicted molar refractivity (Wildman–Crippen MR) is 135 cm³/mol. The van der Waals surface area contributed by atoms with Crippen LogP contribution >= 0.6 is 0 Å². The number of ether oxygens (including phenoxy) is 1. The van der Waals surface area contributed by atoms with Gasteiger partial charge in [0.1, 0.15) is 11.6 Å². The van der Waals surface area contributed by atoms with E-state index in [0.717, 1.165) is 50.8 Å². The standard InChI is InChI=1S/C29H44N2O3/c1-28(2,3)34-27(32)26-24-14-16-29(33,25(24)20-31(26)23-8-4-5-9-23)22-12-10-21(11-13-22)15-19-30-17-6-7-18-30/h10-13,23-26,33H,4-9,14-20H2,1-3H3. The maximum absolute atomic E-state index is 13.4. The molecule has 0 amide bonds. The summed E-state index contributed by atoms with van der Waals surface area (Å²) in [5.41, 5.74) is 1.03. The van der Waals surface area contributed by atoms with Gasteiger partial charge in [0.25, 0.3) is 0 Å². The van der Waals surface area contributed by atoms with Crippen LogP contribution in [0.5, 0.6) is 0 Å². The molecule has 0 radical (unpaired) electrons. The number of hydrogen-bond acceptors (Lipinski definition) is 5. The van der Waals surface area contributed by atoms with Gasteiger partial charge < -0.3 is 14.7 Å². The Bertz CT molecular complexity index is 851. The molecule has 1 N–H and O–H groups in total. The SMILES string of the molecule is CC(C)(C)OC(=O)C1C2CCC(O)(c3ccc(CCN4CCCC4)cc3)C2CN1C1CCCC1. The van der Waals surface area contributed by atoms with Gasteiger partial charge in [-0.3, -0.25) is 9.69 Å². The van der Waals surface area contributed by atoms with Crippen molar-refractivity contribution in [2.45, 2.75) is 102 Å². The fourth-order valence-corrected chi connectivity index (χ4v) is 7.27. The Balaban J connectivity index is 1.33. The first kappa shape index (κ1) is 24.3. The van der Waals surface area contributed by atoms with Crippen molar-refractivity contribution >= 4 is 5.97 Å². The number of hydrogen-bond donors (Lipinski definition) is 1. The van der Waals surface area contributed by atoms with E-state index in [1.54, 1.807) is 0 Å². The van der Waals surface area contributed by atoms with Crippen molar-refractivity contribution in [1.82, 2.24) is 9.80 Å². The molecule has 2 heterocycles. The Kier molecular flexibility index (Phi) is 6.82. The number of nitrogens with zero attached hydrogens (tertiary/aromatic N) is 2. The lowest BCUT2D eigenvalue weighted by atomic mass is 9.81. The van der Waals surface area contributed by atoms with Crippen LogP contribution in [0.1, 0.15) is 83.3 Å². The topological polar surface area (TPSA) is 53.0 Å². The van der Waals surface area contributed by atoms with Crippen LogP contribution in [0, 0.1) is 11.8 Å². The quantitative estimate of drug-likeness (QED) is 0.623. The average molecular weight is 469 g/mol. The van der Waals surface area contributed by atoms with E-state index in [9.17, 15) is 9.90 Å². The van der Waals surface area contributed by atoms with Gasteiger partial charge in [-0.15, -0.1) is 0 Å². The molecule has 5 heteroatoms. The Morgan fingerprint density at radius 2 is 1.74 bits per heavy atom. The smallest absolute Gasteiger partial charge is 0.324 e. The van der Waals surface area contributed by atoms with Crippen LogP contribution in [-0.2, 0) is 21.6 Å². The van der Waals surface area contributed by atoms with Gasteiger partial charge in [0.15, 0.2) is 0 Å². The molecule has 34 heavy (non-hydrogen) atoms. The number of fused-ring (bicyclic) bond motifs is 1. The van der Waals surface area contributed by atoms with Crippen molar-refractivity contribution in [3.8, 4) is 0 Å². The van der Waals surface area contributed by atoms with Crippen LogP contribution < -0.4 is 0 Å². The maximum atomic E-state index is 13.4. The molecule has 1 aromatic carbocycles. The molecule has 2 saturated carbocycles. The molecule has 5 nitrogen and oxygen atoms in total. The molecule has 5 rings (SSSR count). The second-order valence-electron chi connectivity index (χ2n) is 12.3. The Morgan fingerprint density at radius 3 is 2.38 bits per heavy atom. The second kappa shape index (κ2) is 9.55. The third kappa shape index (κ3) is 4.81. The van der Waals surface area contributed by atoms with Crippen LogP contribution in [0.4, 0.5) is 0 Å². The molecule has 4 unspecified atom stereocenters. The number of esters is 1. The maximum Gasteiger partial charge on any atom is 0.324 e. The zero-order chi connectivity index (χ0) is 23.9. The van der Waals surface area contributed by atoms with Gasteiger partial charge in [-0.2, -0.15) is 0 Å². The summed E-state index contributed by atoms with van der Waals surface area (Å²) in [6, 6.07) is 8.96. The molecule has 4 atom stereocenters. The Labute approximate surface area is 205 Å². The number of benzene rings is 1. The van der Waals surface area contributed by atoms with Crippen LogP contribution in [0.2, 0.25) is 0 Å². The number of carbonyl (C=O) groups excluding carboxylic acids is 1. The van der Waals surface area contributed by atoms with Crippen molar-refractivity contribution in [3.63, 3.8) is 0 Å². The zero-order valence-electron chi connectivity index (χ0n) is 21.5. The van der Waals surface area contributed by atoms with Crippen molar-refractivity contribution in [2.24, 2.45) is 11.8 Å². The predicted octanol–water partition coefficient (Wildman–Crippen LogP) is 4.51. The number of aliphatic hydroxyl groups is 1. The van der Waals surface area contributed by atoms with Crippen molar-refractivity contribution in [1.29, 1.82) is 0 Å². The van der Waals surface area contributed by atoms with Crippen molar-refractivity contribution in [2.75, 3.05) is 26.2 Å². The monoisotopic (exact) mass is 468 g/mol. The Hall–Kier alpha value is -1.43. The summed E-state index contributed by atoms with van der Waals surface area (Å²) >= 11 is 0. The molecule has 0 bridgehead atoms. The molecular weight excluding hydrogens is 424 g/mol. The summed E-state index contributed by atoms with van der Waals surface area (Å²) in [7, 11) is 0. The van der Waals surface area contributed by atoms with E-state index in [0.29, 0.717) is 6.04 Å². The highest BCUT2D eigenvalue weighted by atomic mass is 16.6. The number of rotatable bonds is 6. The lowest BCUT2D eigenvalue weighted by molar-refractivity contribution is -0.162. The Morgan fingerprint density at radius 1 is 1.06 bits per heavy atom. The molecule has 2 aliphatic carbocycles. The normalized spacial score (nSPS) is 33.0. The molecule has 0 aromatic heterocycles. The lowest BCUT2D eigenvalue weighted by Crippen LogP contribution is -2.47. The van der Waals surface area contributed by atoms with E-state index >= 15 is 0 Å². The summed E-state index contributed by atoms with van der Waals surface area (Å²) in [6.45, 7) is 10.2. The fraction of sp³-hybridized carbons (Fsp3) is 0.759. The minimum Gasteiger partial charge on any atom is -0.459 e. The summed E-state index contributed by atoms with van der Waals surface area (Å²) in [5, 5.41) is 12.0. The first-order chi connectivity index (χ1) is 16.2. The number of carbonyl (C=O) groups is 1. The first-order valence-corrected chi connectivity index (χ1v) is 13.8. The lowest BCUT2D eigenvalue weighted by Gasteiger charge is -2.34. The molecule has 188 valence electrons. The first-order valence-electron chi connectivity index (χ1n) is 13.8. The summed E-state index contributed by atoms with van der Waals surface area (Å²) < 4.78 is 5.91. The van der Waals surface area contributed by atoms with Gasteiger partial charge in [-0.25, -0.2) is 0 Å². The van der Waals surface area contributed by atoms with Gasteiger partial charge in [0, 0.05) is 25.0 Å². The van der Waals surface area contributed by atoms with E-state index in [1.807, 2.05) is 20.8 Å². The van der Waals surface area contributed by atoms with Crippen LogP contribution in [0.15, 0.2) is 24.3 Å². The van der Waals surface area contributed by atoms with Gasteiger partial charge in [-0.05, 0) is 95.9 Å². The zero-order valence-corrected chi connectivity index (χ0v) is 21.5. The molecular formula is C29H44N2O3. The van der Waals surface area contributed by atoms with Crippen molar-refractivity contribution < 1.29 is 14.6 Å². The van der Waals surface area contributed by atoms with Gasteiger partial charge in [-0.1, -0.05) is 37.1 Å². The molecule has 4 fully saturated rings. The van der Waals surface area contributed by atoms with Crippen LogP contribution in [0.3, 0.4) is 0 Å². The fourth-order valence-electron chi connectivity index (χ4n) is 7.27. The van der Waals surface area contributed by atoms with E-state index in [1.165, 1.54) is 44.3 Å². The number of likely N-dealkylation sites (tertiary alicyclic amines) is 2. The molecule has 2 aliphatic heterocycles. The van der Waals surface area contributed by atoms with E-state index in [-0.39, 0.29) is 23.8 Å². The van der Waals surface area contributed by atoms with Gasteiger partial charge in [0.05, 0.1) is 5.60 Å². The van der Waals surface area contributed by atoms with E-state index in [2.05, 4.69) is 34.1 Å². The van der Waals surface area contributed by atoms with Crippen molar-refractivity contribution in [3.05, 3.63) is 35.4 Å². The minimum absolute atomic E-state index is 0.0843. The van der Waals surface area contributed by atoms with Crippen LogP contribution in [-0.4, -0.2) is 64.7 Å². The molecule has 2 saturated heterocycles.